The number of carbonyl (C=O) groups excluding carboxylic acids is 1. The lowest BCUT2D eigenvalue weighted by Crippen LogP contribution is -2.17. The minimum Gasteiger partial charge on any atom is -0.372 e. The summed E-state index contributed by atoms with van der Waals surface area (Å²) in [6.45, 7) is 1.19. The first kappa shape index (κ1) is 6.42. The molecule has 4 nitrogen and oxygen atoms in total. The van der Waals surface area contributed by atoms with Gasteiger partial charge in [0, 0.05) is 23.5 Å². The first-order valence-corrected chi connectivity index (χ1v) is 3.34. The fraction of sp³-hybridized carbons (Fsp3) is 0.286. The molecule has 0 radical (unpaired) electrons. The van der Waals surface area contributed by atoms with Crippen LogP contribution in [0, 0.1) is 0 Å². The number of aromatic nitrogens is 1. The Balaban J connectivity index is 2.42. The van der Waals surface area contributed by atoms with Crippen LogP contribution in [0.15, 0.2) is 12.4 Å². The number of primary amides is 1. The number of hydrogen-bond donors (Lipinski definition) is 1. The van der Waals surface area contributed by atoms with Crippen molar-refractivity contribution in [2.75, 3.05) is 0 Å². The summed E-state index contributed by atoms with van der Waals surface area (Å²) in [4.78, 5) is 10.7. The van der Waals surface area contributed by atoms with Gasteiger partial charge in [-0.2, -0.15) is 0 Å². The van der Waals surface area contributed by atoms with Gasteiger partial charge in [0.25, 0.3) is 0 Å². The molecular weight excluding hydrogens is 144 g/mol. The highest BCUT2D eigenvalue weighted by atomic mass is 16.5. The van der Waals surface area contributed by atoms with Crippen LogP contribution in [0.1, 0.15) is 11.1 Å². The van der Waals surface area contributed by atoms with Crippen LogP contribution in [0.5, 0.6) is 0 Å². The van der Waals surface area contributed by atoms with E-state index in [9.17, 15) is 4.79 Å². The predicted molar refractivity (Wildman–Crippen MR) is 37.9 cm³/mol. The van der Waals surface area contributed by atoms with E-state index in [4.69, 9.17) is 10.5 Å². The first-order chi connectivity index (χ1) is 5.27. The molecule has 1 amide bonds. The van der Waals surface area contributed by atoms with Crippen molar-refractivity contribution in [3.63, 3.8) is 0 Å². The molecule has 0 spiro atoms. The van der Waals surface area contributed by atoms with Crippen LogP contribution < -0.4 is 5.73 Å². The molecule has 0 bridgehead atoms. The number of carbonyl (C=O) groups is 1. The predicted octanol–water partition coefficient (Wildman–Crippen LogP) is 0.445. The maximum absolute atomic E-state index is 10.7. The second-order valence-electron chi connectivity index (χ2n) is 2.55. The second-order valence-corrected chi connectivity index (χ2v) is 2.55. The Morgan fingerprint density at radius 3 is 2.45 bits per heavy atom. The largest absolute Gasteiger partial charge is 0.372 e. The molecule has 0 unspecified atom stereocenters. The molecule has 58 valence electrons. The number of fused-ring (bicyclic) bond motifs is 1. The number of nitrogens with zero attached hydrogens (tertiary/aromatic N) is 1. The molecule has 2 N–H and O–H groups in total. The van der Waals surface area contributed by atoms with Crippen molar-refractivity contribution in [2.24, 2.45) is 5.73 Å². The smallest absolute Gasteiger partial charge is 0.322 e. The fourth-order valence-corrected chi connectivity index (χ4v) is 1.20. The number of ether oxygens (including phenoxy) is 1. The summed E-state index contributed by atoms with van der Waals surface area (Å²) in [6.07, 6.45) is 3.43. The van der Waals surface area contributed by atoms with Crippen molar-refractivity contribution < 1.29 is 9.53 Å². The third kappa shape index (κ3) is 0.914. The molecule has 11 heavy (non-hydrogen) atoms. The van der Waals surface area contributed by atoms with Crippen LogP contribution >= 0.6 is 0 Å². The molecule has 0 aromatic carbocycles. The van der Waals surface area contributed by atoms with Gasteiger partial charge >= 0.3 is 6.03 Å². The SMILES string of the molecule is NC(=O)n1cc2c(c1)COC2. The van der Waals surface area contributed by atoms with Crippen LogP contribution in [0.25, 0.3) is 0 Å². The van der Waals surface area contributed by atoms with Crippen LogP contribution in [0.4, 0.5) is 4.79 Å². The Hall–Kier alpha value is -1.29. The van der Waals surface area contributed by atoms with Crippen molar-refractivity contribution in [1.29, 1.82) is 0 Å². The number of amides is 1. The van der Waals surface area contributed by atoms with E-state index in [1.54, 1.807) is 12.4 Å². The minimum absolute atomic E-state index is 0.445. The van der Waals surface area contributed by atoms with Crippen molar-refractivity contribution in [3.05, 3.63) is 23.5 Å². The zero-order chi connectivity index (χ0) is 7.84. The summed E-state index contributed by atoms with van der Waals surface area (Å²) in [5.41, 5.74) is 7.18. The van der Waals surface area contributed by atoms with Crippen LogP contribution in [-0.4, -0.2) is 10.6 Å². The third-order valence-corrected chi connectivity index (χ3v) is 1.77. The Morgan fingerprint density at radius 1 is 1.45 bits per heavy atom. The highest BCUT2D eigenvalue weighted by Gasteiger charge is 2.14. The lowest BCUT2D eigenvalue weighted by atomic mass is 10.2. The number of hydrogen-bond acceptors (Lipinski definition) is 2. The molecule has 1 aromatic heterocycles. The molecular formula is C7H8N2O2. The van der Waals surface area contributed by atoms with Gasteiger partial charge in [-0.3, -0.25) is 4.57 Å². The molecule has 0 saturated carbocycles. The zero-order valence-electron chi connectivity index (χ0n) is 5.91. The van der Waals surface area contributed by atoms with E-state index in [0.717, 1.165) is 11.1 Å². The van der Waals surface area contributed by atoms with Gasteiger partial charge in [-0.1, -0.05) is 0 Å². The van der Waals surface area contributed by atoms with Crippen LogP contribution in [0.2, 0.25) is 0 Å². The second kappa shape index (κ2) is 2.10. The van der Waals surface area contributed by atoms with Gasteiger partial charge in [0.15, 0.2) is 0 Å². The summed E-state index contributed by atoms with van der Waals surface area (Å²) < 4.78 is 6.51. The monoisotopic (exact) mass is 152 g/mol. The summed E-state index contributed by atoms with van der Waals surface area (Å²) in [7, 11) is 0. The zero-order valence-corrected chi connectivity index (χ0v) is 5.91. The maximum atomic E-state index is 10.7. The maximum Gasteiger partial charge on any atom is 0.322 e. The molecule has 0 aliphatic carbocycles. The van der Waals surface area contributed by atoms with Gasteiger partial charge in [0.1, 0.15) is 0 Å². The van der Waals surface area contributed by atoms with E-state index < -0.39 is 6.03 Å². The summed E-state index contributed by atoms with van der Waals surface area (Å²) in [5.74, 6) is 0. The van der Waals surface area contributed by atoms with Crippen molar-refractivity contribution in [3.8, 4) is 0 Å². The fourth-order valence-electron chi connectivity index (χ4n) is 1.20. The van der Waals surface area contributed by atoms with Gasteiger partial charge in [-0.15, -0.1) is 0 Å². The van der Waals surface area contributed by atoms with E-state index in [-0.39, 0.29) is 0 Å². The van der Waals surface area contributed by atoms with Gasteiger partial charge < -0.3 is 10.5 Å². The first-order valence-electron chi connectivity index (χ1n) is 3.34. The van der Waals surface area contributed by atoms with E-state index in [1.165, 1.54) is 4.57 Å². The molecule has 1 aromatic rings. The minimum atomic E-state index is -0.445. The topological polar surface area (TPSA) is 57.2 Å². The van der Waals surface area contributed by atoms with E-state index in [0.29, 0.717) is 13.2 Å². The highest BCUT2D eigenvalue weighted by Crippen LogP contribution is 2.19. The average Bonchev–Trinajstić information content (AvgIpc) is 2.40. The molecule has 0 saturated heterocycles. The van der Waals surface area contributed by atoms with Crippen molar-refractivity contribution in [2.45, 2.75) is 13.2 Å². The number of rotatable bonds is 0. The van der Waals surface area contributed by atoms with Crippen LogP contribution in [0.3, 0.4) is 0 Å². The third-order valence-electron chi connectivity index (χ3n) is 1.77. The van der Waals surface area contributed by atoms with Gasteiger partial charge in [0.2, 0.25) is 0 Å². The normalized spacial score (nSPS) is 14.9. The van der Waals surface area contributed by atoms with Gasteiger partial charge in [0.05, 0.1) is 13.2 Å². The summed E-state index contributed by atoms with van der Waals surface area (Å²) in [6, 6.07) is -0.445. The molecule has 1 aliphatic heterocycles. The van der Waals surface area contributed by atoms with Gasteiger partial charge in [-0.25, -0.2) is 4.79 Å². The molecule has 2 heterocycles. The van der Waals surface area contributed by atoms with Crippen molar-refractivity contribution >= 4 is 6.03 Å². The average molecular weight is 152 g/mol. The summed E-state index contributed by atoms with van der Waals surface area (Å²) in [5, 5.41) is 0. The summed E-state index contributed by atoms with van der Waals surface area (Å²) >= 11 is 0. The molecule has 2 rings (SSSR count). The van der Waals surface area contributed by atoms with Gasteiger partial charge in [-0.05, 0) is 0 Å². The Kier molecular flexibility index (Phi) is 1.22. The Labute approximate surface area is 63.6 Å². The molecule has 1 aliphatic rings. The molecule has 0 atom stereocenters. The highest BCUT2D eigenvalue weighted by molar-refractivity contribution is 5.75. The van der Waals surface area contributed by atoms with Crippen molar-refractivity contribution in [1.82, 2.24) is 4.57 Å². The quantitative estimate of drug-likeness (QED) is 0.586. The Morgan fingerprint density at radius 2 is 2.00 bits per heavy atom. The van der Waals surface area contributed by atoms with E-state index in [1.807, 2.05) is 0 Å². The lowest BCUT2D eigenvalue weighted by Gasteiger charge is -1.93. The van der Waals surface area contributed by atoms with E-state index >= 15 is 0 Å². The molecule has 0 fully saturated rings. The standard InChI is InChI=1S/C7H8N2O2/c8-7(10)9-1-5-3-11-4-6(5)2-9/h1-2H,3-4H2,(H2,8,10). The Bertz CT molecular complexity index is 282. The van der Waals surface area contributed by atoms with Crippen LogP contribution in [-0.2, 0) is 18.0 Å². The lowest BCUT2D eigenvalue weighted by molar-refractivity contribution is 0.133. The van der Waals surface area contributed by atoms with E-state index in [2.05, 4.69) is 0 Å². The molecule has 4 heteroatoms. The number of nitrogens with two attached hydrogens (primary N) is 1.